The average molecular weight is 219 g/mol. The van der Waals surface area contributed by atoms with E-state index in [0.29, 0.717) is 12.1 Å². The van der Waals surface area contributed by atoms with Crippen LogP contribution in [0.1, 0.15) is 44.8 Å². The van der Waals surface area contributed by atoms with Crippen molar-refractivity contribution in [3.8, 4) is 0 Å². The molecule has 0 aromatic carbocycles. The second kappa shape index (κ2) is 5.30. The molecule has 1 aliphatic carbocycles. The summed E-state index contributed by atoms with van der Waals surface area (Å²) in [4.78, 5) is 0. The van der Waals surface area contributed by atoms with Crippen LogP contribution in [0.3, 0.4) is 0 Å². The molecule has 0 fully saturated rings. The van der Waals surface area contributed by atoms with E-state index in [1.165, 1.54) is 0 Å². The van der Waals surface area contributed by atoms with E-state index in [4.69, 9.17) is 0 Å². The molecule has 88 valence electrons. The van der Waals surface area contributed by atoms with Crippen molar-refractivity contribution in [3.05, 3.63) is 30.1 Å². The monoisotopic (exact) mass is 219 g/mol. The summed E-state index contributed by atoms with van der Waals surface area (Å²) in [6.45, 7) is 5.27. The summed E-state index contributed by atoms with van der Waals surface area (Å²) in [7, 11) is 0. The molecule has 2 rings (SSSR count). The van der Waals surface area contributed by atoms with Crippen LogP contribution in [0.4, 0.5) is 0 Å². The fourth-order valence-corrected chi connectivity index (χ4v) is 1.94. The molecule has 3 nitrogen and oxygen atoms in total. The van der Waals surface area contributed by atoms with Gasteiger partial charge in [0.05, 0.1) is 5.69 Å². The standard InChI is InChI=1S/C13H21N3/c1-3-11(2)16-9-8-13(15-16)10-14-12-6-4-5-7-12/h4-5,8-9,11-12,14H,3,6-7,10H2,1-2H3. The maximum atomic E-state index is 4.58. The zero-order chi connectivity index (χ0) is 11.4. The third kappa shape index (κ3) is 2.73. The van der Waals surface area contributed by atoms with E-state index in [9.17, 15) is 0 Å². The molecular formula is C13H21N3. The summed E-state index contributed by atoms with van der Waals surface area (Å²) in [6.07, 6.45) is 10.0. The first-order valence-electron chi connectivity index (χ1n) is 6.22. The SMILES string of the molecule is CCC(C)n1ccc(CNC2CC=CC2)n1. The molecule has 0 bridgehead atoms. The van der Waals surface area contributed by atoms with E-state index in [0.717, 1.165) is 31.5 Å². The molecule has 1 N–H and O–H groups in total. The second-order valence-corrected chi connectivity index (χ2v) is 4.56. The molecule has 1 aliphatic rings. The van der Waals surface area contributed by atoms with E-state index < -0.39 is 0 Å². The van der Waals surface area contributed by atoms with Crippen LogP contribution in [0.5, 0.6) is 0 Å². The van der Waals surface area contributed by atoms with Crippen molar-refractivity contribution in [1.82, 2.24) is 15.1 Å². The molecule has 3 heteroatoms. The lowest BCUT2D eigenvalue weighted by molar-refractivity contribution is 0.466. The maximum absolute atomic E-state index is 4.58. The predicted molar refractivity (Wildman–Crippen MR) is 66.2 cm³/mol. The lowest BCUT2D eigenvalue weighted by Crippen LogP contribution is -2.25. The van der Waals surface area contributed by atoms with Crippen molar-refractivity contribution in [3.63, 3.8) is 0 Å². The van der Waals surface area contributed by atoms with Crippen LogP contribution in [0.15, 0.2) is 24.4 Å². The third-order valence-electron chi connectivity index (χ3n) is 3.29. The molecule has 1 atom stereocenters. The van der Waals surface area contributed by atoms with Crippen LogP contribution in [0, 0.1) is 0 Å². The molecule has 0 saturated carbocycles. The van der Waals surface area contributed by atoms with Crippen LogP contribution < -0.4 is 5.32 Å². The Bertz CT molecular complexity index is 346. The smallest absolute Gasteiger partial charge is 0.0762 e. The van der Waals surface area contributed by atoms with Crippen molar-refractivity contribution in [2.45, 2.75) is 51.7 Å². The Morgan fingerprint density at radius 3 is 2.94 bits per heavy atom. The summed E-state index contributed by atoms with van der Waals surface area (Å²) >= 11 is 0. The van der Waals surface area contributed by atoms with Crippen molar-refractivity contribution in [2.24, 2.45) is 0 Å². The topological polar surface area (TPSA) is 29.9 Å². The first-order valence-corrected chi connectivity index (χ1v) is 6.22. The number of aromatic nitrogens is 2. The number of hydrogen-bond donors (Lipinski definition) is 1. The zero-order valence-electron chi connectivity index (χ0n) is 10.2. The van der Waals surface area contributed by atoms with E-state index in [2.05, 4.69) is 53.4 Å². The van der Waals surface area contributed by atoms with Gasteiger partial charge in [-0.15, -0.1) is 0 Å². The van der Waals surface area contributed by atoms with Gasteiger partial charge in [-0.25, -0.2) is 0 Å². The molecular weight excluding hydrogens is 198 g/mol. The number of nitrogens with zero attached hydrogens (tertiary/aromatic N) is 2. The Balaban J connectivity index is 1.83. The van der Waals surface area contributed by atoms with E-state index >= 15 is 0 Å². The normalized spacial score (nSPS) is 18.1. The molecule has 1 heterocycles. The highest BCUT2D eigenvalue weighted by molar-refractivity contribution is 5.02. The van der Waals surface area contributed by atoms with Gasteiger partial charge in [0.1, 0.15) is 0 Å². The molecule has 0 aliphatic heterocycles. The Kier molecular flexibility index (Phi) is 3.78. The van der Waals surface area contributed by atoms with Gasteiger partial charge in [0.15, 0.2) is 0 Å². The van der Waals surface area contributed by atoms with Gasteiger partial charge < -0.3 is 5.32 Å². The van der Waals surface area contributed by atoms with Crippen LogP contribution in [-0.2, 0) is 6.54 Å². The van der Waals surface area contributed by atoms with Crippen molar-refractivity contribution < 1.29 is 0 Å². The minimum atomic E-state index is 0.502. The molecule has 0 radical (unpaired) electrons. The van der Waals surface area contributed by atoms with E-state index in [1.807, 2.05) is 0 Å². The number of hydrogen-bond acceptors (Lipinski definition) is 2. The van der Waals surface area contributed by atoms with Gasteiger partial charge in [-0.05, 0) is 32.3 Å². The summed E-state index contributed by atoms with van der Waals surface area (Å²) in [5.41, 5.74) is 1.15. The minimum absolute atomic E-state index is 0.502. The van der Waals surface area contributed by atoms with Crippen LogP contribution in [0.2, 0.25) is 0 Å². The van der Waals surface area contributed by atoms with Gasteiger partial charge in [0.2, 0.25) is 0 Å². The predicted octanol–water partition coefficient (Wildman–Crippen LogP) is 2.66. The van der Waals surface area contributed by atoms with Gasteiger partial charge >= 0.3 is 0 Å². The van der Waals surface area contributed by atoms with Gasteiger partial charge in [0.25, 0.3) is 0 Å². The molecule has 1 aromatic rings. The van der Waals surface area contributed by atoms with Crippen LogP contribution >= 0.6 is 0 Å². The summed E-state index contributed by atoms with van der Waals surface area (Å²) in [5.74, 6) is 0. The highest BCUT2D eigenvalue weighted by Crippen LogP contribution is 2.11. The van der Waals surface area contributed by atoms with Crippen molar-refractivity contribution in [2.75, 3.05) is 0 Å². The van der Waals surface area contributed by atoms with Gasteiger partial charge in [-0.1, -0.05) is 19.1 Å². The molecule has 0 spiro atoms. The molecule has 0 saturated heterocycles. The lowest BCUT2D eigenvalue weighted by atomic mass is 10.2. The summed E-state index contributed by atoms with van der Waals surface area (Å²) in [5, 5.41) is 8.11. The van der Waals surface area contributed by atoms with Crippen molar-refractivity contribution in [1.29, 1.82) is 0 Å². The Hall–Kier alpha value is -1.09. The summed E-state index contributed by atoms with van der Waals surface area (Å²) < 4.78 is 2.06. The van der Waals surface area contributed by atoms with Gasteiger partial charge in [0, 0.05) is 24.8 Å². The Morgan fingerprint density at radius 2 is 2.25 bits per heavy atom. The Morgan fingerprint density at radius 1 is 1.50 bits per heavy atom. The molecule has 1 aromatic heterocycles. The minimum Gasteiger partial charge on any atom is -0.308 e. The first-order chi connectivity index (χ1) is 7.79. The largest absolute Gasteiger partial charge is 0.308 e. The first kappa shape index (κ1) is 11.4. The number of nitrogens with one attached hydrogen (secondary N) is 1. The fourth-order valence-electron chi connectivity index (χ4n) is 1.94. The average Bonchev–Trinajstić information content (AvgIpc) is 2.96. The molecule has 1 unspecified atom stereocenters. The van der Waals surface area contributed by atoms with Gasteiger partial charge in [-0.2, -0.15) is 5.10 Å². The molecule has 0 amide bonds. The quantitative estimate of drug-likeness (QED) is 0.772. The zero-order valence-corrected chi connectivity index (χ0v) is 10.2. The molecule has 16 heavy (non-hydrogen) atoms. The van der Waals surface area contributed by atoms with Crippen LogP contribution in [0.25, 0.3) is 0 Å². The van der Waals surface area contributed by atoms with Gasteiger partial charge in [-0.3, -0.25) is 4.68 Å². The van der Waals surface area contributed by atoms with E-state index in [1.54, 1.807) is 0 Å². The fraction of sp³-hybridized carbons (Fsp3) is 0.615. The summed E-state index contributed by atoms with van der Waals surface area (Å²) in [6, 6.07) is 3.23. The van der Waals surface area contributed by atoms with Crippen LogP contribution in [-0.4, -0.2) is 15.8 Å². The second-order valence-electron chi connectivity index (χ2n) is 4.56. The maximum Gasteiger partial charge on any atom is 0.0762 e. The number of rotatable bonds is 5. The highest BCUT2D eigenvalue weighted by Gasteiger charge is 2.10. The Labute approximate surface area is 97.5 Å². The van der Waals surface area contributed by atoms with E-state index in [-0.39, 0.29) is 0 Å². The third-order valence-corrected chi connectivity index (χ3v) is 3.29. The van der Waals surface area contributed by atoms with Crippen molar-refractivity contribution >= 4 is 0 Å². The highest BCUT2D eigenvalue weighted by atomic mass is 15.3. The lowest BCUT2D eigenvalue weighted by Gasteiger charge is -2.11.